The maximum Gasteiger partial charge on any atom is 0.175 e. The van der Waals surface area contributed by atoms with Gasteiger partial charge in [0.1, 0.15) is 0 Å². The Balaban J connectivity index is 1.73. The Morgan fingerprint density at radius 1 is 1.03 bits per heavy atom. The average Bonchev–Trinajstić information content (AvgIpc) is 3.09. The third-order valence-corrected chi connectivity index (χ3v) is 6.39. The van der Waals surface area contributed by atoms with E-state index < -0.39 is 20.6 Å². The lowest BCUT2D eigenvalue weighted by molar-refractivity contribution is 0.602. The summed E-state index contributed by atoms with van der Waals surface area (Å²) < 4.78 is 37.0. The summed E-state index contributed by atoms with van der Waals surface area (Å²) in [5.74, 6) is 0.600. The largest absolute Gasteiger partial charge is 0.339 e. The smallest absolute Gasteiger partial charge is 0.175 e. The van der Waals surface area contributed by atoms with Crippen LogP contribution in [0.3, 0.4) is 0 Å². The topological polar surface area (TPSA) is 93.4 Å². The number of nitrogens with one attached hydrogen (secondary N) is 1. The Morgan fingerprint density at radius 3 is 2.59 bits per heavy atom. The first-order valence-electron chi connectivity index (χ1n) is 8.67. The molecule has 29 heavy (non-hydrogen) atoms. The van der Waals surface area contributed by atoms with Crippen LogP contribution in [0.25, 0.3) is 16.9 Å². The minimum atomic E-state index is -3.30. The molecule has 4 aromatic rings. The van der Waals surface area contributed by atoms with E-state index in [9.17, 15) is 12.6 Å². The van der Waals surface area contributed by atoms with Crippen molar-refractivity contribution in [1.82, 2.24) is 14.6 Å². The number of imidazole rings is 1. The second-order valence-corrected chi connectivity index (χ2v) is 9.93. The highest BCUT2D eigenvalue weighted by Crippen LogP contribution is 2.24. The molecule has 0 amide bonds. The molecule has 0 aliphatic rings. The lowest BCUT2D eigenvalue weighted by Crippen LogP contribution is -2.02. The van der Waals surface area contributed by atoms with E-state index in [4.69, 9.17) is 0 Å². The van der Waals surface area contributed by atoms with Crippen molar-refractivity contribution >= 4 is 37.8 Å². The van der Waals surface area contributed by atoms with Crippen LogP contribution < -0.4 is 5.32 Å². The van der Waals surface area contributed by atoms with E-state index in [0.717, 1.165) is 10.5 Å². The maximum absolute atomic E-state index is 11.8. The molecular weight excluding hydrogens is 408 g/mol. The molecule has 2 aromatic heterocycles. The number of nitrogens with zero attached hydrogens (tertiary/aromatic N) is 3. The number of hydrogen-bond acceptors (Lipinski definition) is 6. The number of fused-ring (bicyclic) bond motifs is 1. The summed E-state index contributed by atoms with van der Waals surface area (Å²) in [5.41, 5.74) is 2.81. The SMILES string of the molecule is CS(=O)c1cccc(-c2ccc3ncc(Nc4cccc(S(C)(=O)=O)c4)n3n2)c1. The fourth-order valence-corrected chi connectivity index (χ4v) is 4.13. The molecule has 1 N–H and O–H groups in total. The highest BCUT2D eigenvalue weighted by Gasteiger charge is 2.11. The van der Waals surface area contributed by atoms with E-state index in [-0.39, 0.29) is 4.90 Å². The predicted molar refractivity (Wildman–Crippen MR) is 114 cm³/mol. The first-order chi connectivity index (χ1) is 13.8. The zero-order valence-corrected chi connectivity index (χ0v) is 17.4. The van der Waals surface area contributed by atoms with Gasteiger partial charge in [0.15, 0.2) is 21.3 Å². The lowest BCUT2D eigenvalue weighted by Gasteiger charge is -2.08. The van der Waals surface area contributed by atoms with Crippen molar-refractivity contribution in [2.24, 2.45) is 0 Å². The number of hydrogen-bond donors (Lipinski definition) is 1. The van der Waals surface area contributed by atoms with Crippen LogP contribution in [0.2, 0.25) is 0 Å². The molecule has 1 unspecified atom stereocenters. The van der Waals surface area contributed by atoms with Gasteiger partial charge in [-0.2, -0.15) is 9.61 Å². The van der Waals surface area contributed by atoms with Crippen LogP contribution in [0.5, 0.6) is 0 Å². The molecule has 2 aromatic carbocycles. The van der Waals surface area contributed by atoms with Gasteiger partial charge in [-0.25, -0.2) is 13.4 Å². The molecule has 4 rings (SSSR count). The number of sulfone groups is 1. The second kappa shape index (κ2) is 7.41. The fourth-order valence-electron chi connectivity index (χ4n) is 2.90. The summed E-state index contributed by atoms with van der Waals surface area (Å²) >= 11 is 0. The molecule has 0 bridgehead atoms. The van der Waals surface area contributed by atoms with Crippen molar-refractivity contribution in [1.29, 1.82) is 0 Å². The molecule has 7 nitrogen and oxygen atoms in total. The molecule has 0 saturated heterocycles. The Kier molecular flexibility index (Phi) is 4.93. The second-order valence-electron chi connectivity index (χ2n) is 6.54. The summed E-state index contributed by atoms with van der Waals surface area (Å²) in [4.78, 5) is 5.30. The molecule has 0 spiro atoms. The quantitative estimate of drug-likeness (QED) is 0.526. The third-order valence-electron chi connectivity index (χ3n) is 4.36. The molecule has 0 fully saturated rings. The van der Waals surface area contributed by atoms with E-state index in [1.165, 1.54) is 6.26 Å². The summed E-state index contributed by atoms with van der Waals surface area (Å²) in [6, 6.07) is 17.7. The summed E-state index contributed by atoms with van der Waals surface area (Å²) in [5, 5.41) is 7.82. The highest BCUT2D eigenvalue weighted by atomic mass is 32.2. The van der Waals surface area contributed by atoms with Gasteiger partial charge in [-0.05, 0) is 42.5 Å². The fraction of sp³-hybridized carbons (Fsp3) is 0.100. The number of anilines is 2. The van der Waals surface area contributed by atoms with Crippen LogP contribution in [0.4, 0.5) is 11.5 Å². The van der Waals surface area contributed by atoms with Gasteiger partial charge in [-0.15, -0.1) is 0 Å². The zero-order chi connectivity index (χ0) is 20.6. The maximum atomic E-state index is 11.8. The van der Waals surface area contributed by atoms with Gasteiger partial charge in [0.2, 0.25) is 0 Å². The summed E-state index contributed by atoms with van der Waals surface area (Å²) in [7, 11) is -4.38. The molecule has 0 aliphatic heterocycles. The van der Waals surface area contributed by atoms with Crippen molar-refractivity contribution in [2.75, 3.05) is 17.8 Å². The Hall–Kier alpha value is -3.04. The van der Waals surface area contributed by atoms with Crippen molar-refractivity contribution in [3.05, 3.63) is 66.9 Å². The van der Waals surface area contributed by atoms with Gasteiger partial charge in [0.05, 0.1) is 16.8 Å². The van der Waals surface area contributed by atoms with E-state index >= 15 is 0 Å². The monoisotopic (exact) mass is 426 g/mol. The van der Waals surface area contributed by atoms with Gasteiger partial charge in [-0.1, -0.05) is 18.2 Å². The molecule has 9 heteroatoms. The summed E-state index contributed by atoms with van der Waals surface area (Å²) in [6.45, 7) is 0. The molecule has 1 atom stereocenters. The Bertz CT molecular complexity index is 1350. The van der Waals surface area contributed by atoms with Crippen LogP contribution in [0.15, 0.2) is 76.7 Å². The zero-order valence-electron chi connectivity index (χ0n) is 15.7. The lowest BCUT2D eigenvalue weighted by atomic mass is 10.1. The van der Waals surface area contributed by atoms with Gasteiger partial charge in [0.25, 0.3) is 0 Å². The third kappa shape index (κ3) is 4.06. The van der Waals surface area contributed by atoms with Crippen molar-refractivity contribution in [2.45, 2.75) is 9.79 Å². The summed E-state index contributed by atoms with van der Waals surface area (Å²) in [6.07, 6.45) is 4.45. The van der Waals surface area contributed by atoms with Crippen LogP contribution in [-0.4, -0.2) is 39.7 Å². The minimum absolute atomic E-state index is 0.231. The molecular formula is C20H18N4O3S2. The Morgan fingerprint density at radius 2 is 1.83 bits per heavy atom. The first kappa shape index (κ1) is 19.3. The molecule has 0 aliphatic carbocycles. The van der Waals surface area contributed by atoms with E-state index in [2.05, 4.69) is 15.4 Å². The van der Waals surface area contributed by atoms with Crippen LogP contribution in [0, 0.1) is 0 Å². The van der Waals surface area contributed by atoms with E-state index in [1.54, 1.807) is 41.2 Å². The Labute approximate surface area is 170 Å². The standard InChI is InChI=1S/C20H18N4O3S2/c1-28(25)16-7-3-5-14(11-16)18-9-10-19-21-13-20(24(19)23-18)22-15-6-4-8-17(12-15)29(2,26)27/h3-13,22H,1-2H3. The minimum Gasteiger partial charge on any atom is -0.339 e. The van der Waals surface area contributed by atoms with E-state index in [0.29, 0.717) is 22.8 Å². The van der Waals surface area contributed by atoms with Crippen LogP contribution in [0.1, 0.15) is 0 Å². The molecule has 0 saturated carbocycles. The van der Waals surface area contributed by atoms with Gasteiger partial charge < -0.3 is 5.32 Å². The van der Waals surface area contributed by atoms with E-state index in [1.807, 2.05) is 36.4 Å². The first-order valence-corrected chi connectivity index (χ1v) is 12.1. The van der Waals surface area contributed by atoms with Crippen LogP contribution in [-0.2, 0) is 20.6 Å². The number of benzene rings is 2. The predicted octanol–water partition coefficient (Wildman–Crippen LogP) is 3.28. The van der Waals surface area contributed by atoms with Gasteiger partial charge >= 0.3 is 0 Å². The highest BCUT2D eigenvalue weighted by molar-refractivity contribution is 7.90. The van der Waals surface area contributed by atoms with Crippen LogP contribution >= 0.6 is 0 Å². The average molecular weight is 427 g/mol. The molecule has 2 heterocycles. The normalized spacial score (nSPS) is 12.8. The van der Waals surface area contributed by atoms with Crippen molar-refractivity contribution in [3.8, 4) is 11.3 Å². The number of rotatable bonds is 5. The number of aromatic nitrogens is 3. The van der Waals surface area contributed by atoms with Gasteiger partial charge in [-0.3, -0.25) is 4.21 Å². The van der Waals surface area contributed by atoms with Crippen molar-refractivity contribution in [3.63, 3.8) is 0 Å². The molecule has 0 radical (unpaired) electrons. The van der Waals surface area contributed by atoms with Gasteiger partial charge in [0, 0.05) is 39.5 Å². The van der Waals surface area contributed by atoms with Crippen molar-refractivity contribution < 1.29 is 12.6 Å². The molecule has 148 valence electrons.